The number of ketones is 1. The number of hydrogen-bond acceptors (Lipinski definition) is 6. The average molecular weight is 256 g/mol. The maximum Gasteiger partial charge on any atom is 0.313 e. The van der Waals surface area contributed by atoms with E-state index in [1.807, 2.05) is 6.92 Å². The first-order valence-electron chi connectivity index (χ1n) is 5.55. The van der Waals surface area contributed by atoms with Gasteiger partial charge in [0.1, 0.15) is 6.42 Å². The van der Waals surface area contributed by atoms with E-state index in [-0.39, 0.29) is 18.8 Å². The van der Waals surface area contributed by atoms with Crippen molar-refractivity contribution in [3.63, 3.8) is 0 Å². The Hall–Kier alpha value is -1.43. The molecule has 17 heavy (non-hydrogen) atoms. The number of carbonyl (C=O) groups excluding carboxylic acids is 2. The Morgan fingerprint density at radius 3 is 2.88 bits per heavy atom. The van der Waals surface area contributed by atoms with E-state index in [0.717, 1.165) is 13.0 Å². The van der Waals surface area contributed by atoms with E-state index in [0.29, 0.717) is 10.0 Å². The molecule has 1 rings (SSSR count). The van der Waals surface area contributed by atoms with E-state index in [9.17, 15) is 9.59 Å². The molecule has 0 unspecified atom stereocenters. The van der Waals surface area contributed by atoms with Gasteiger partial charge in [0.2, 0.25) is 0 Å². The van der Waals surface area contributed by atoms with Crippen molar-refractivity contribution >= 4 is 28.2 Å². The lowest BCUT2D eigenvalue weighted by Crippen LogP contribution is -2.10. The van der Waals surface area contributed by atoms with Crippen LogP contribution in [0.5, 0.6) is 0 Å². The van der Waals surface area contributed by atoms with Crippen LogP contribution in [0.4, 0.5) is 5.13 Å². The molecule has 0 aliphatic heterocycles. The fourth-order valence-electron chi connectivity index (χ4n) is 1.15. The summed E-state index contributed by atoms with van der Waals surface area (Å²) in [4.78, 5) is 27.3. The molecule has 0 saturated carbocycles. The number of thiazole rings is 1. The second kappa shape index (κ2) is 7.01. The predicted octanol–water partition coefficient (Wildman–Crippen LogP) is 2.10. The van der Waals surface area contributed by atoms with E-state index in [1.54, 1.807) is 6.92 Å². The average Bonchev–Trinajstić information content (AvgIpc) is 2.75. The van der Waals surface area contributed by atoms with E-state index in [2.05, 4.69) is 10.3 Å². The molecule has 0 aliphatic carbocycles. The summed E-state index contributed by atoms with van der Waals surface area (Å²) in [5.41, 5.74) is 0. The Kier molecular flexibility index (Phi) is 5.62. The molecule has 0 saturated heterocycles. The van der Waals surface area contributed by atoms with Gasteiger partial charge in [-0.25, -0.2) is 4.98 Å². The van der Waals surface area contributed by atoms with E-state index in [1.165, 1.54) is 17.5 Å². The first-order chi connectivity index (χ1) is 8.17. The summed E-state index contributed by atoms with van der Waals surface area (Å²) >= 11 is 1.26. The van der Waals surface area contributed by atoms with Crippen molar-refractivity contribution in [1.82, 2.24) is 4.98 Å². The Morgan fingerprint density at radius 1 is 1.47 bits per heavy atom. The second-order valence-corrected chi connectivity index (χ2v) is 4.39. The van der Waals surface area contributed by atoms with E-state index < -0.39 is 5.97 Å². The molecule has 1 aromatic rings. The maximum absolute atomic E-state index is 11.7. The molecular formula is C11H16N2O3S. The molecule has 5 nitrogen and oxygen atoms in total. The molecule has 0 fully saturated rings. The van der Waals surface area contributed by atoms with E-state index in [4.69, 9.17) is 4.74 Å². The van der Waals surface area contributed by atoms with Crippen LogP contribution in [0.1, 0.15) is 36.4 Å². The summed E-state index contributed by atoms with van der Waals surface area (Å²) in [6.45, 7) is 4.87. The molecule has 6 heteroatoms. The smallest absolute Gasteiger partial charge is 0.313 e. The Balaban J connectivity index is 2.51. The van der Waals surface area contributed by atoms with Gasteiger partial charge in [0.15, 0.2) is 10.9 Å². The third-order valence-electron chi connectivity index (χ3n) is 1.92. The van der Waals surface area contributed by atoms with Crippen molar-refractivity contribution in [2.45, 2.75) is 26.7 Å². The van der Waals surface area contributed by atoms with Gasteiger partial charge in [-0.3, -0.25) is 9.59 Å². The molecule has 0 radical (unpaired) electrons. The van der Waals surface area contributed by atoms with Gasteiger partial charge in [-0.15, -0.1) is 0 Å². The standard InChI is InChI=1S/C11H16N2O3S/c1-3-5-12-11-13-7-9(17-11)8(14)6-10(15)16-4-2/h7H,3-6H2,1-2H3,(H,12,13). The number of Topliss-reactive ketones (excluding diaryl/α,β-unsaturated/α-hetero) is 1. The van der Waals surface area contributed by atoms with Crippen LogP contribution in [0, 0.1) is 0 Å². The number of nitrogens with zero attached hydrogens (tertiary/aromatic N) is 1. The van der Waals surface area contributed by atoms with Crippen LogP contribution in [-0.2, 0) is 9.53 Å². The van der Waals surface area contributed by atoms with E-state index >= 15 is 0 Å². The Labute approximate surface area is 104 Å². The van der Waals surface area contributed by atoms with Gasteiger partial charge in [-0.2, -0.15) is 0 Å². The zero-order valence-corrected chi connectivity index (χ0v) is 10.8. The zero-order chi connectivity index (χ0) is 12.7. The molecule has 0 bridgehead atoms. The van der Waals surface area contributed by atoms with Crippen LogP contribution >= 0.6 is 11.3 Å². The fraction of sp³-hybridized carbons (Fsp3) is 0.545. The van der Waals surface area contributed by atoms with Crippen LogP contribution in [0.2, 0.25) is 0 Å². The lowest BCUT2D eigenvalue weighted by atomic mass is 10.2. The van der Waals surface area contributed by atoms with Gasteiger partial charge in [-0.05, 0) is 13.3 Å². The van der Waals surface area contributed by atoms with Crippen molar-refractivity contribution in [2.24, 2.45) is 0 Å². The third-order valence-corrected chi connectivity index (χ3v) is 2.91. The summed E-state index contributed by atoms with van der Waals surface area (Å²) < 4.78 is 4.71. The summed E-state index contributed by atoms with van der Waals surface area (Å²) in [6, 6.07) is 0. The normalized spacial score (nSPS) is 10.0. The first-order valence-corrected chi connectivity index (χ1v) is 6.37. The van der Waals surface area contributed by atoms with Crippen molar-refractivity contribution in [2.75, 3.05) is 18.5 Å². The molecule has 1 aromatic heterocycles. The lowest BCUT2D eigenvalue weighted by Gasteiger charge is -1.99. The SMILES string of the molecule is CCCNc1ncc(C(=O)CC(=O)OCC)s1. The molecule has 0 atom stereocenters. The van der Waals surface area contributed by atoms with Crippen molar-refractivity contribution in [3.05, 3.63) is 11.1 Å². The minimum absolute atomic E-state index is 0.219. The van der Waals surface area contributed by atoms with Gasteiger partial charge >= 0.3 is 5.97 Å². The highest BCUT2D eigenvalue weighted by molar-refractivity contribution is 7.17. The predicted molar refractivity (Wildman–Crippen MR) is 66.5 cm³/mol. The summed E-state index contributed by atoms with van der Waals surface area (Å²) in [7, 11) is 0. The zero-order valence-electron chi connectivity index (χ0n) is 9.99. The second-order valence-electron chi connectivity index (χ2n) is 3.36. The molecule has 0 spiro atoms. The fourth-order valence-corrected chi connectivity index (χ4v) is 1.93. The lowest BCUT2D eigenvalue weighted by molar-refractivity contribution is -0.141. The molecule has 94 valence electrons. The Bertz CT molecular complexity index is 390. The quantitative estimate of drug-likeness (QED) is 0.459. The largest absolute Gasteiger partial charge is 0.466 e. The van der Waals surface area contributed by atoms with Crippen molar-refractivity contribution in [1.29, 1.82) is 0 Å². The third kappa shape index (κ3) is 4.52. The number of carbonyl (C=O) groups is 2. The summed E-state index contributed by atoms with van der Waals surface area (Å²) in [5, 5.41) is 3.79. The first kappa shape index (κ1) is 13.6. The van der Waals surface area contributed by atoms with Gasteiger partial charge in [0, 0.05) is 6.54 Å². The summed E-state index contributed by atoms with van der Waals surface area (Å²) in [6.07, 6.45) is 2.26. The molecule has 0 amide bonds. The maximum atomic E-state index is 11.7. The highest BCUT2D eigenvalue weighted by atomic mass is 32.1. The minimum Gasteiger partial charge on any atom is -0.466 e. The summed E-state index contributed by atoms with van der Waals surface area (Å²) in [5.74, 6) is -0.737. The van der Waals surface area contributed by atoms with Crippen LogP contribution in [0.25, 0.3) is 0 Å². The van der Waals surface area contributed by atoms with Crippen LogP contribution in [0.3, 0.4) is 0 Å². The number of rotatable bonds is 7. The molecule has 0 aromatic carbocycles. The van der Waals surface area contributed by atoms with Gasteiger partial charge in [0.05, 0.1) is 17.7 Å². The number of aromatic nitrogens is 1. The van der Waals surface area contributed by atoms with Gasteiger partial charge in [0.25, 0.3) is 0 Å². The molecular weight excluding hydrogens is 240 g/mol. The molecule has 1 N–H and O–H groups in total. The number of ether oxygens (including phenoxy) is 1. The number of nitrogens with one attached hydrogen (secondary N) is 1. The van der Waals surface area contributed by atoms with Gasteiger partial charge in [-0.1, -0.05) is 18.3 Å². The Morgan fingerprint density at radius 2 is 2.24 bits per heavy atom. The number of hydrogen-bond donors (Lipinski definition) is 1. The molecule has 1 heterocycles. The monoisotopic (exact) mass is 256 g/mol. The van der Waals surface area contributed by atoms with Crippen LogP contribution in [-0.4, -0.2) is 29.9 Å². The van der Waals surface area contributed by atoms with Crippen LogP contribution < -0.4 is 5.32 Å². The topological polar surface area (TPSA) is 68.3 Å². The van der Waals surface area contributed by atoms with Crippen molar-refractivity contribution in [3.8, 4) is 0 Å². The number of esters is 1. The van der Waals surface area contributed by atoms with Crippen molar-refractivity contribution < 1.29 is 14.3 Å². The minimum atomic E-state index is -0.492. The van der Waals surface area contributed by atoms with Gasteiger partial charge < -0.3 is 10.1 Å². The molecule has 0 aliphatic rings. The van der Waals surface area contributed by atoms with Crippen LogP contribution in [0.15, 0.2) is 6.20 Å². The highest BCUT2D eigenvalue weighted by Crippen LogP contribution is 2.19. The number of anilines is 1. The highest BCUT2D eigenvalue weighted by Gasteiger charge is 2.15.